The van der Waals surface area contributed by atoms with E-state index in [9.17, 15) is 14.4 Å². The van der Waals surface area contributed by atoms with Gasteiger partial charge >= 0.3 is 17.9 Å². The van der Waals surface area contributed by atoms with Gasteiger partial charge in [-0.05, 0) is 116 Å². The lowest BCUT2D eigenvalue weighted by Gasteiger charge is -2.18. The first-order valence-electron chi connectivity index (χ1n) is 30.5. The van der Waals surface area contributed by atoms with Gasteiger partial charge < -0.3 is 14.2 Å². The molecule has 6 nitrogen and oxygen atoms in total. The molecule has 0 aromatic carbocycles. The Balaban J connectivity index is 4.27. The van der Waals surface area contributed by atoms with Crippen LogP contribution in [0.5, 0.6) is 0 Å². The van der Waals surface area contributed by atoms with E-state index in [0.717, 1.165) is 148 Å². The Morgan fingerprint density at radius 3 is 0.838 bits per heavy atom. The van der Waals surface area contributed by atoms with Crippen LogP contribution >= 0.6 is 0 Å². The normalized spacial score (nSPS) is 13.0. The molecule has 0 spiro atoms. The molecule has 0 radical (unpaired) electrons. The van der Waals surface area contributed by atoms with Gasteiger partial charge in [-0.1, -0.05) is 258 Å². The highest BCUT2D eigenvalue weighted by Gasteiger charge is 2.19. The number of allylic oxidation sites excluding steroid dienone is 20. The van der Waals surface area contributed by atoms with Gasteiger partial charge in [-0.25, -0.2) is 0 Å². The molecule has 1 unspecified atom stereocenters. The minimum absolute atomic E-state index is 0.0888. The molecule has 0 aliphatic carbocycles. The molecule has 0 N–H and O–H groups in total. The molecule has 6 heteroatoms. The van der Waals surface area contributed by atoms with Gasteiger partial charge in [0, 0.05) is 19.3 Å². The average Bonchev–Trinajstić information content (AvgIpc) is 3.40. The number of hydrogen-bond donors (Lipinski definition) is 0. The molecule has 0 fully saturated rings. The molecule has 1 atom stereocenters. The van der Waals surface area contributed by atoms with Gasteiger partial charge in [0.15, 0.2) is 6.10 Å². The van der Waals surface area contributed by atoms with E-state index in [4.69, 9.17) is 14.2 Å². The van der Waals surface area contributed by atoms with Gasteiger partial charge in [0.05, 0.1) is 0 Å². The van der Waals surface area contributed by atoms with E-state index in [-0.39, 0.29) is 31.1 Å². The molecule has 0 bridgehead atoms. The summed E-state index contributed by atoms with van der Waals surface area (Å²) in [6, 6.07) is 0. The first-order chi connectivity index (χ1) is 36.5. The maximum atomic E-state index is 12.8. The van der Waals surface area contributed by atoms with Crippen molar-refractivity contribution >= 4 is 17.9 Å². The lowest BCUT2D eigenvalue weighted by atomic mass is 10.1. The minimum Gasteiger partial charge on any atom is -0.462 e. The van der Waals surface area contributed by atoms with E-state index >= 15 is 0 Å². The van der Waals surface area contributed by atoms with E-state index in [1.54, 1.807) is 0 Å². The molecule has 0 aromatic rings. The molecule has 0 aliphatic rings. The Hall–Kier alpha value is -4.19. The van der Waals surface area contributed by atoms with Crippen molar-refractivity contribution < 1.29 is 28.6 Å². The third kappa shape index (κ3) is 58.7. The first-order valence-corrected chi connectivity index (χ1v) is 30.5. The molecule has 0 aromatic heterocycles. The monoisotopic (exact) mass is 1020 g/mol. The summed E-state index contributed by atoms with van der Waals surface area (Å²) in [4.78, 5) is 38.1. The van der Waals surface area contributed by atoms with Crippen molar-refractivity contribution in [2.75, 3.05) is 13.2 Å². The Kier molecular flexibility index (Phi) is 57.9. The van der Waals surface area contributed by atoms with Crippen LogP contribution in [0.25, 0.3) is 0 Å². The number of rotatable bonds is 54. The number of carbonyl (C=O) groups excluding carboxylic acids is 3. The quantitative estimate of drug-likeness (QED) is 0.0261. The van der Waals surface area contributed by atoms with Crippen LogP contribution in [0.15, 0.2) is 122 Å². The highest BCUT2D eigenvalue weighted by atomic mass is 16.6. The molecule has 0 rings (SSSR count). The second-order valence-corrected chi connectivity index (χ2v) is 19.9. The van der Waals surface area contributed by atoms with Gasteiger partial charge in [0.2, 0.25) is 0 Å². The standard InChI is InChI=1S/C68H112O6/c1-4-7-10-13-16-19-21-23-25-27-28-29-30-31-32-33-34-35-36-37-38-39-40-41-43-44-46-49-52-55-58-61-67(70)73-64-65(63-72-66(69)60-57-54-51-48-18-15-12-9-6-3)74-68(71)62-59-56-53-50-47-45-42-26-24-22-20-17-14-11-8-5-2/h7,10,16,19-20,22-23,25-26,28-29,31-32,34-35,37-38,40-42,65H,4-6,8-9,11-15,17-18,21,24,27,30,33,36,39,43-64H2,1-3H3/b10-7-,19-16-,22-20-,25-23-,29-28-,32-31-,35-34-,38-37-,41-40-,42-26-. The lowest BCUT2D eigenvalue weighted by Crippen LogP contribution is -2.30. The molecule has 420 valence electrons. The zero-order valence-electron chi connectivity index (χ0n) is 48.1. The van der Waals surface area contributed by atoms with Crippen LogP contribution < -0.4 is 0 Å². The van der Waals surface area contributed by atoms with E-state index < -0.39 is 6.10 Å². The number of carbonyl (C=O) groups is 3. The number of ether oxygens (including phenoxy) is 3. The van der Waals surface area contributed by atoms with E-state index in [1.807, 2.05) is 0 Å². The molecule has 0 aliphatic heterocycles. The maximum Gasteiger partial charge on any atom is 0.306 e. The highest BCUT2D eigenvalue weighted by Crippen LogP contribution is 2.14. The van der Waals surface area contributed by atoms with Gasteiger partial charge in [0.1, 0.15) is 13.2 Å². The van der Waals surface area contributed by atoms with Crippen molar-refractivity contribution in [2.24, 2.45) is 0 Å². The van der Waals surface area contributed by atoms with Gasteiger partial charge in [0.25, 0.3) is 0 Å². The number of esters is 3. The minimum atomic E-state index is -0.792. The van der Waals surface area contributed by atoms with E-state index in [0.29, 0.717) is 19.3 Å². The van der Waals surface area contributed by atoms with Crippen LogP contribution in [0.3, 0.4) is 0 Å². The lowest BCUT2D eigenvalue weighted by molar-refractivity contribution is -0.167. The van der Waals surface area contributed by atoms with Crippen LogP contribution in [0.4, 0.5) is 0 Å². The third-order valence-electron chi connectivity index (χ3n) is 12.7. The molecular formula is C68H112O6. The zero-order valence-corrected chi connectivity index (χ0v) is 48.1. The summed E-state index contributed by atoms with van der Waals surface area (Å²) in [6.45, 7) is 6.46. The van der Waals surface area contributed by atoms with Crippen molar-refractivity contribution in [1.82, 2.24) is 0 Å². The van der Waals surface area contributed by atoms with Crippen LogP contribution in [0.1, 0.15) is 271 Å². The Labute approximate surface area is 456 Å². The molecule has 0 saturated heterocycles. The molecular weight excluding hydrogens is 913 g/mol. The number of hydrogen-bond acceptors (Lipinski definition) is 6. The van der Waals surface area contributed by atoms with Crippen LogP contribution in [-0.4, -0.2) is 37.2 Å². The van der Waals surface area contributed by atoms with Gasteiger partial charge in [-0.3, -0.25) is 14.4 Å². The van der Waals surface area contributed by atoms with Gasteiger partial charge in [-0.15, -0.1) is 0 Å². The van der Waals surface area contributed by atoms with Crippen molar-refractivity contribution in [2.45, 2.75) is 277 Å². The summed E-state index contributed by atoms with van der Waals surface area (Å²) < 4.78 is 16.8. The van der Waals surface area contributed by atoms with Crippen molar-refractivity contribution in [3.63, 3.8) is 0 Å². The van der Waals surface area contributed by atoms with Crippen LogP contribution in [0.2, 0.25) is 0 Å². The first kappa shape index (κ1) is 69.8. The largest absolute Gasteiger partial charge is 0.462 e. The Bertz CT molecular complexity index is 1550. The fourth-order valence-corrected chi connectivity index (χ4v) is 8.13. The van der Waals surface area contributed by atoms with Crippen LogP contribution in [-0.2, 0) is 28.6 Å². The highest BCUT2D eigenvalue weighted by molar-refractivity contribution is 5.71. The predicted molar refractivity (Wildman–Crippen MR) is 320 cm³/mol. The summed E-state index contributed by atoms with van der Waals surface area (Å²) in [7, 11) is 0. The topological polar surface area (TPSA) is 78.9 Å². The second kappa shape index (κ2) is 61.4. The molecule has 0 amide bonds. The third-order valence-corrected chi connectivity index (χ3v) is 12.7. The van der Waals surface area contributed by atoms with Crippen molar-refractivity contribution in [1.29, 1.82) is 0 Å². The van der Waals surface area contributed by atoms with Gasteiger partial charge in [-0.2, -0.15) is 0 Å². The smallest absolute Gasteiger partial charge is 0.306 e. The van der Waals surface area contributed by atoms with E-state index in [2.05, 4.69) is 142 Å². The SMILES string of the molecule is CC/C=C\C/C=C\C/C=C\C/C=C\C/C=C\C/C=C\C/C=C\C/C=C\CCCCCCCCC(=O)OCC(COC(=O)CCCCCCCCCCC)OC(=O)CCCCCCC/C=C\C/C=C\CCCCCC. The summed E-state index contributed by atoms with van der Waals surface area (Å²) in [6.07, 6.45) is 84.9. The zero-order chi connectivity index (χ0) is 53.6. The Morgan fingerprint density at radius 1 is 0.284 bits per heavy atom. The fourth-order valence-electron chi connectivity index (χ4n) is 8.13. The molecule has 74 heavy (non-hydrogen) atoms. The van der Waals surface area contributed by atoms with Crippen molar-refractivity contribution in [3.8, 4) is 0 Å². The molecule has 0 saturated carbocycles. The van der Waals surface area contributed by atoms with Crippen molar-refractivity contribution in [3.05, 3.63) is 122 Å². The van der Waals surface area contributed by atoms with E-state index in [1.165, 1.54) is 83.5 Å². The fraction of sp³-hybridized carbons (Fsp3) is 0.662. The maximum absolute atomic E-state index is 12.8. The summed E-state index contributed by atoms with van der Waals surface area (Å²) >= 11 is 0. The van der Waals surface area contributed by atoms with Crippen LogP contribution in [0, 0.1) is 0 Å². The summed E-state index contributed by atoms with van der Waals surface area (Å²) in [5.74, 6) is -0.920. The summed E-state index contributed by atoms with van der Waals surface area (Å²) in [5.41, 5.74) is 0. The predicted octanol–water partition coefficient (Wildman–Crippen LogP) is 20.8. The number of unbranched alkanes of at least 4 members (excludes halogenated alkanes) is 23. The average molecular weight is 1030 g/mol. The summed E-state index contributed by atoms with van der Waals surface area (Å²) in [5, 5.41) is 0. The Morgan fingerprint density at radius 2 is 0.527 bits per heavy atom. The second-order valence-electron chi connectivity index (χ2n) is 19.9. The molecule has 0 heterocycles.